The number of nitrogens with one attached hydrogen (secondary N) is 1. The molecule has 1 aliphatic carbocycles. The van der Waals surface area contributed by atoms with Gasteiger partial charge >= 0.3 is 0 Å². The first-order chi connectivity index (χ1) is 10.6. The zero-order valence-electron chi connectivity index (χ0n) is 14.9. The van der Waals surface area contributed by atoms with Crippen LogP contribution >= 0.6 is 11.6 Å². The molecule has 4 nitrogen and oxygen atoms in total. The molecule has 1 aliphatic rings. The Labute approximate surface area is 144 Å². The van der Waals surface area contributed by atoms with Crippen LogP contribution in [-0.4, -0.2) is 18.6 Å². The third-order valence-electron chi connectivity index (χ3n) is 4.23. The van der Waals surface area contributed by atoms with Crippen LogP contribution in [0.25, 0.3) is 0 Å². The molecule has 23 heavy (non-hydrogen) atoms. The smallest absolute Gasteiger partial charge is 0.225 e. The van der Waals surface area contributed by atoms with E-state index in [2.05, 4.69) is 25.2 Å². The molecule has 1 amide bonds. The molecule has 0 saturated heterocycles. The molecule has 0 radical (unpaired) electrons. The molecule has 0 heterocycles. The zero-order valence-corrected chi connectivity index (χ0v) is 15.6. The molecule has 0 spiro atoms. The Kier molecular flexibility index (Phi) is 6.70. The third kappa shape index (κ3) is 5.00. The highest BCUT2D eigenvalue weighted by Crippen LogP contribution is 2.37. The van der Waals surface area contributed by atoms with Crippen LogP contribution in [0, 0.1) is 29.1 Å². The lowest BCUT2D eigenvalue weighted by Crippen LogP contribution is -2.46. The molecule has 5 heteroatoms. The molecule has 0 saturated carbocycles. The molecular formula is C18H27ClN2O2. The quantitative estimate of drug-likeness (QED) is 0.792. The van der Waals surface area contributed by atoms with Crippen molar-refractivity contribution < 1.29 is 9.53 Å². The number of nitriles is 1. The van der Waals surface area contributed by atoms with Gasteiger partial charge in [-0.15, -0.1) is 0 Å². The summed E-state index contributed by atoms with van der Waals surface area (Å²) in [5.41, 5.74) is -0.162. The van der Waals surface area contributed by atoms with E-state index in [0.717, 1.165) is 5.76 Å². The lowest BCUT2D eigenvalue weighted by atomic mass is 9.85. The van der Waals surface area contributed by atoms with E-state index >= 15 is 0 Å². The molecule has 1 rings (SSSR count). The van der Waals surface area contributed by atoms with Gasteiger partial charge in [-0.3, -0.25) is 4.79 Å². The number of amides is 1. The number of hydrogen-bond acceptors (Lipinski definition) is 3. The largest absolute Gasteiger partial charge is 0.500 e. The van der Waals surface area contributed by atoms with Crippen LogP contribution in [0.2, 0.25) is 0 Å². The fourth-order valence-electron chi connectivity index (χ4n) is 3.04. The lowest BCUT2D eigenvalue weighted by Gasteiger charge is -2.29. The Morgan fingerprint density at radius 3 is 2.61 bits per heavy atom. The molecule has 1 N–H and O–H groups in total. The molecule has 0 fully saturated rings. The van der Waals surface area contributed by atoms with Crippen molar-refractivity contribution in [2.24, 2.45) is 17.8 Å². The van der Waals surface area contributed by atoms with Crippen molar-refractivity contribution in [2.75, 3.05) is 7.11 Å². The normalized spacial score (nSPS) is 23.9. The Hall–Kier alpha value is -1.47. The zero-order chi connectivity index (χ0) is 17.8. The number of methoxy groups -OCH3 is 1. The minimum absolute atomic E-state index is 0.116. The van der Waals surface area contributed by atoms with Crippen LogP contribution in [0.15, 0.2) is 22.4 Å². The first-order valence-electron chi connectivity index (χ1n) is 8.00. The van der Waals surface area contributed by atoms with E-state index in [0.29, 0.717) is 22.9 Å². The fraction of sp³-hybridized carbons (Fsp3) is 0.667. The molecule has 0 aromatic rings. The van der Waals surface area contributed by atoms with Crippen molar-refractivity contribution in [3.8, 4) is 6.07 Å². The van der Waals surface area contributed by atoms with Crippen LogP contribution in [0.3, 0.4) is 0 Å². The second-order valence-electron chi connectivity index (χ2n) is 6.98. The van der Waals surface area contributed by atoms with Crippen LogP contribution in [0.1, 0.15) is 47.5 Å². The lowest BCUT2D eigenvalue weighted by molar-refractivity contribution is -0.121. The third-order valence-corrected chi connectivity index (χ3v) is 4.59. The summed E-state index contributed by atoms with van der Waals surface area (Å²) in [6, 6.07) is 2.20. The van der Waals surface area contributed by atoms with Gasteiger partial charge in [-0.2, -0.15) is 5.26 Å². The summed E-state index contributed by atoms with van der Waals surface area (Å²) >= 11 is 6.33. The summed E-state index contributed by atoms with van der Waals surface area (Å²) in [5, 5.41) is 12.8. The van der Waals surface area contributed by atoms with Gasteiger partial charge in [-0.1, -0.05) is 45.4 Å². The molecule has 3 atom stereocenters. The maximum atomic E-state index is 12.4. The van der Waals surface area contributed by atoms with Crippen LogP contribution in [0.5, 0.6) is 0 Å². The maximum Gasteiger partial charge on any atom is 0.225 e. The molecule has 0 bridgehead atoms. The van der Waals surface area contributed by atoms with E-state index in [9.17, 15) is 10.1 Å². The van der Waals surface area contributed by atoms with E-state index in [4.69, 9.17) is 16.3 Å². The van der Waals surface area contributed by atoms with E-state index in [-0.39, 0.29) is 24.2 Å². The van der Waals surface area contributed by atoms with E-state index < -0.39 is 5.54 Å². The molecule has 128 valence electrons. The molecule has 0 aliphatic heterocycles. The molecular weight excluding hydrogens is 312 g/mol. The van der Waals surface area contributed by atoms with Gasteiger partial charge in [-0.25, -0.2) is 0 Å². The average Bonchev–Trinajstić information content (AvgIpc) is 2.44. The van der Waals surface area contributed by atoms with Gasteiger partial charge in [0.2, 0.25) is 5.91 Å². The van der Waals surface area contributed by atoms with Crippen LogP contribution in [-0.2, 0) is 9.53 Å². The number of hydrogen-bond donors (Lipinski definition) is 1. The standard InChI is InChI=1S/C18H27ClN2O2/c1-11(2)9-18(5,10-20)21-16(22)8-14-15(19)7-12(3)13(4)17(14)23-6/h7,11-13H,8-9H2,1-6H3,(H,21,22). The molecule has 0 aromatic heterocycles. The first-order valence-corrected chi connectivity index (χ1v) is 8.38. The van der Waals surface area contributed by atoms with E-state index in [1.165, 1.54) is 0 Å². The SMILES string of the molecule is COC1=C(CC(=O)NC(C)(C#N)CC(C)C)C(Cl)=CC(C)C1C. The van der Waals surface area contributed by atoms with Crippen molar-refractivity contribution in [3.05, 3.63) is 22.4 Å². The van der Waals surface area contributed by atoms with E-state index in [1.54, 1.807) is 14.0 Å². The summed E-state index contributed by atoms with van der Waals surface area (Å²) in [6.45, 7) is 9.92. The fourth-order valence-corrected chi connectivity index (χ4v) is 3.40. The number of nitrogens with zero attached hydrogens (tertiary/aromatic N) is 1. The Balaban J connectivity index is 2.93. The minimum atomic E-state index is -0.872. The highest BCUT2D eigenvalue weighted by molar-refractivity contribution is 6.32. The number of halogens is 1. The monoisotopic (exact) mass is 338 g/mol. The maximum absolute atomic E-state index is 12.4. The summed E-state index contributed by atoms with van der Waals surface area (Å²) in [4.78, 5) is 12.4. The van der Waals surface area contributed by atoms with Crippen LogP contribution < -0.4 is 5.32 Å². The summed E-state index contributed by atoms with van der Waals surface area (Å²) in [6.07, 6.45) is 2.67. The summed E-state index contributed by atoms with van der Waals surface area (Å²) < 4.78 is 5.49. The average molecular weight is 339 g/mol. The van der Waals surface area contributed by atoms with Crippen molar-refractivity contribution in [3.63, 3.8) is 0 Å². The van der Waals surface area contributed by atoms with Crippen molar-refractivity contribution >= 4 is 17.5 Å². The van der Waals surface area contributed by atoms with E-state index in [1.807, 2.05) is 19.9 Å². The van der Waals surface area contributed by atoms with Gasteiger partial charge < -0.3 is 10.1 Å². The minimum Gasteiger partial charge on any atom is -0.500 e. The van der Waals surface area contributed by atoms with Crippen molar-refractivity contribution in [2.45, 2.75) is 53.0 Å². The molecule has 0 aromatic carbocycles. The van der Waals surface area contributed by atoms with Gasteiger partial charge in [0.15, 0.2) is 0 Å². The highest BCUT2D eigenvalue weighted by Gasteiger charge is 2.31. The van der Waals surface area contributed by atoms with Gasteiger partial charge in [0.05, 0.1) is 19.6 Å². The summed E-state index contributed by atoms with van der Waals surface area (Å²) in [5.74, 6) is 1.28. The Morgan fingerprint density at radius 2 is 2.13 bits per heavy atom. The Bertz CT molecular complexity index is 560. The number of carbonyl (C=O) groups excluding carboxylic acids is 1. The van der Waals surface area contributed by atoms with Crippen molar-refractivity contribution in [1.82, 2.24) is 5.32 Å². The molecule has 3 unspecified atom stereocenters. The second-order valence-corrected chi connectivity index (χ2v) is 7.38. The number of ether oxygens (including phenoxy) is 1. The van der Waals surface area contributed by atoms with Gasteiger partial charge in [0.25, 0.3) is 0 Å². The highest BCUT2D eigenvalue weighted by atomic mass is 35.5. The number of allylic oxidation sites excluding steroid dienone is 3. The summed E-state index contributed by atoms with van der Waals surface area (Å²) in [7, 11) is 1.60. The van der Waals surface area contributed by atoms with Crippen molar-refractivity contribution in [1.29, 1.82) is 5.26 Å². The topological polar surface area (TPSA) is 62.1 Å². The number of carbonyl (C=O) groups is 1. The second kappa shape index (κ2) is 7.88. The van der Waals surface area contributed by atoms with Crippen LogP contribution in [0.4, 0.5) is 0 Å². The Morgan fingerprint density at radius 1 is 1.52 bits per heavy atom. The van der Waals surface area contributed by atoms with Gasteiger partial charge in [-0.05, 0) is 25.2 Å². The predicted molar refractivity (Wildman–Crippen MR) is 92.5 cm³/mol. The predicted octanol–water partition coefficient (Wildman–Crippen LogP) is 4.13. The van der Waals surface area contributed by atoms with Gasteiger partial charge in [0.1, 0.15) is 11.3 Å². The number of rotatable bonds is 6. The van der Waals surface area contributed by atoms with Gasteiger partial charge in [0, 0.05) is 16.5 Å². The first kappa shape index (κ1) is 19.6.